The normalized spacial score (nSPS) is 21.3. The van der Waals surface area contributed by atoms with Crippen molar-refractivity contribution in [1.82, 2.24) is 5.32 Å². The van der Waals surface area contributed by atoms with Crippen LogP contribution >= 0.6 is 0 Å². The fourth-order valence-electron chi connectivity index (χ4n) is 1.85. The molecule has 1 aliphatic heterocycles. The molecule has 0 radical (unpaired) electrons. The molecule has 2 rings (SSSR count). The van der Waals surface area contributed by atoms with Crippen LogP contribution in [0, 0.1) is 12.7 Å². The average molecular weight is 209 g/mol. The standard InChI is InChI=1S/C12H16FNO/c1-9-7-10(13)4-5-12(9)15-11-3-2-6-14-8-11/h4-5,7,11,14H,2-3,6,8H2,1H3/t11-/m1/s1. The average Bonchev–Trinajstić information content (AvgIpc) is 2.24. The quantitative estimate of drug-likeness (QED) is 0.806. The molecule has 1 heterocycles. The maximum Gasteiger partial charge on any atom is 0.123 e. The summed E-state index contributed by atoms with van der Waals surface area (Å²) in [4.78, 5) is 0. The van der Waals surface area contributed by atoms with Crippen molar-refractivity contribution in [2.45, 2.75) is 25.9 Å². The van der Waals surface area contributed by atoms with Crippen LogP contribution < -0.4 is 10.1 Å². The van der Waals surface area contributed by atoms with E-state index in [0.29, 0.717) is 0 Å². The van der Waals surface area contributed by atoms with Gasteiger partial charge in [0.1, 0.15) is 17.7 Å². The lowest BCUT2D eigenvalue weighted by Gasteiger charge is -2.24. The predicted molar refractivity (Wildman–Crippen MR) is 57.7 cm³/mol. The second-order valence-corrected chi connectivity index (χ2v) is 4.00. The second kappa shape index (κ2) is 4.62. The third-order valence-electron chi connectivity index (χ3n) is 2.68. The van der Waals surface area contributed by atoms with Crippen molar-refractivity contribution < 1.29 is 9.13 Å². The minimum atomic E-state index is -0.207. The number of hydrogen-bond donors (Lipinski definition) is 1. The molecule has 0 amide bonds. The highest BCUT2D eigenvalue weighted by molar-refractivity contribution is 5.32. The van der Waals surface area contributed by atoms with Crippen LogP contribution in [0.3, 0.4) is 0 Å². The van der Waals surface area contributed by atoms with E-state index in [2.05, 4.69) is 5.32 Å². The van der Waals surface area contributed by atoms with E-state index in [-0.39, 0.29) is 11.9 Å². The summed E-state index contributed by atoms with van der Waals surface area (Å²) in [7, 11) is 0. The highest BCUT2D eigenvalue weighted by Gasteiger charge is 2.15. The zero-order chi connectivity index (χ0) is 10.7. The van der Waals surface area contributed by atoms with E-state index in [1.54, 1.807) is 6.07 Å². The van der Waals surface area contributed by atoms with Crippen LogP contribution in [-0.4, -0.2) is 19.2 Å². The largest absolute Gasteiger partial charge is 0.489 e. The van der Waals surface area contributed by atoms with Crippen LogP contribution in [0.15, 0.2) is 18.2 Å². The summed E-state index contributed by atoms with van der Waals surface area (Å²) in [6.45, 7) is 3.83. The molecule has 0 aromatic heterocycles. The van der Waals surface area contributed by atoms with Crippen molar-refractivity contribution in [2.75, 3.05) is 13.1 Å². The van der Waals surface area contributed by atoms with Gasteiger partial charge < -0.3 is 10.1 Å². The highest BCUT2D eigenvalue weighted by atomic mass is 19.1. The van der Waals surface area contributed by atoms with Gasteiger partial charge in [0.05, 0.1) is 0 Å². The molecule has 1 aromatic carbocycles. The molecule has 0 spiro atoms. The Morgan fingerprint density at radius 1 is 1.47 bits per heavy atom. The van der Waals surface area contributed by atoms with E-state index in [1.165, 1.54) is 12.1 Å². The van der Waals surface area contributed by atoms with Gasteiger partial charge in [0, 0.05) is 6.54 Å². The minimum absolute atomic E-state index is 0.207. The first kappa shape index (κ1) is 10.4. The number of hydrogen-bond acceptors (Lipinski definition) is 2. The topological polar surface area (TPSA) is 21.3 Å². The van der Waals surface area contributed by atoms with Gasteiger partial charge in [0.15, 0.2) is 0 Å². The third-order valence-corrected chi connectivity index (χ3v) is 2.68. The number of rotatable bonds is 2. The van der Waals surface area contributed by atoms with Gasteiger partial charge in [-0.1, -0.05) is 0 Å². The number of piperidine rings is 1. The van der Waals surface area contributed by atoms with Crippen molar-refractivity contribution in [3.05, 3.63) is 29.6 Å². The van der Waals surface area contributed by atoms with Gasteiger partial charge in [-0.2, -0.15) is 0 Å². The molecule has 0 unspecified atom stereocenters. The fourth-order valence-corrected chi connectivity index (χ4v) is 1.85. The maximum absolute atomic E-state index is 12.9. The molecule has 1 aromatic rings. The van der Waals surface area contributed by atoms with E-state index >= 15 is 0 Å². The highest BCUT2D eigenvalue weighted by Crippen LogP contribution is 2.21. The van der Waals surface area contributed by atoms with Crippen molar-refractivity contribution in [3.8, 4) is 5.75 Å². The number of halogens is 1. The molecule has 1 aliphatic rings. The zero-order valence-electron chi connectivity index (χ0n) is 8.92. The Hall–Kier alpha value is -1.09. The Balaban J connectivity index is 2.03. The molecular weight excluding hydrogens is 193 g/mol. The van der Waals surface area contributed by atoms with E-state index in [1.807, 2.05) is 6.92 Å². The first-order chi connectivity index (χ1) is 7.25. The minimum Gasteiger partial charge on any atom is -0.489 e. The lowest BCUT2D eigenvalue weighted by molar-refractivity contribution is 0.166. The van der Waals surface area contributed by atoms with Gasteiger partial charge in [0.2, 0.25) is 0 Å². The lowest BCUT2D eigenvalue weighted by atomic mass is 10.1. The smallest absolute Gasteiger partial charge is 0.123 e. The number of ether oxygens (including phenoxy) is 1. The van der Waals surface area contributed by atoms with Crippen LogP contribution in [0.4, 0.5) is 4.39 Å². The van der Waals surface area contributed by atoms with Crippen LogP contribution in [0.5, 0.6) is 5.75 Å². The Bertz CT molecular complexity index is 334. The molecule has 82 valence electrons. The third kappa shape index (κ3) is 2.69. The lowest BCUT2D eigenvalue weighted by Crippen LogP contribution is -2.37. The molecule has 2 nitrogen and oxygen atoms in total. The van der Waals surface area contributed by atoms with E-state index < -0.39 is 0 Å². The molecule has 1 atom stereocenters. The molecule has 1 fully saturated rings. The monoisotopic (exact) mass is 209 g/mol. The van der Waals surface area contributed by atoms with E-state index in [9.17, 15) is 4.39 Å². The fraction of sp³-hybridized carbons (Fsp3) is 0.500. The van der Waals surface area contributed by atoms with Gasteiger partial charge >= 0.3 is 0 Å². The molecule has 3 heteroatoms. The summed E-state index contributed by atoms with van der Waals surface area (Å²) in [5.74, 6) is 0.590. The number of benzene rings is 1. The van der Waals surface area contributed by atoms with E-state index in [4.69, 9.17) is 4.74 Å². The Kier molecular flexibility index (Phi) is 3.21. The molecule has 15 heavy (non-hydrogen) atoms. The van der Waals surface area contributed by atoms with Crippen LogP contribution in [-0.2, 0) is 0 Å². The molecule has 1 N–H and O–H groups in total. The zero-order valence-corrected chi connectivity index (χ0v) is 8.92. The Morgan fingerprint density at radius 2 is 2.33 bits per heavy atom. The first-order valence-electron chi connectivity index (χ1n) is 5.39. The molecule has 0 saturated carbocycles. The van der Waals surface area contributed by atoms with Crippen molar-refractivity contribution >= 4 is 0 Å². The molecule has 0 aliphatic carbocycles. The first-order valence-corrected chi connectivity index (χ1v) is 5.39. The van der Waals surface area contributed by atoms with E-state index in [0.717, 1.165) is 37.2 Å². The summed E-state index contributed by atoms with van der Waals surface area (Å²) >= 11 is 0. The van der Waals surface area contributed by atoms with Crippen LogP contribution in [0.25, 0.3) is 0 Å². The maximum atomic E-state index is 12.9. The predicted octanol–water partition coefficient (Wildman–Crippen LogP) is 2.26. The summed E-state index contributed by atoms with van der Waals surface area (Å²) in [5, 5.41) is 3.29. The second-order valence-electron chi connectivity index (χ2n) is 4.00. The van der Waals surface area contributed by atoms with Crippen LogP contribution in [0.1, 0.15) is 18.4 Å². The SMILES string of the molecule is Cc1cc(F)ccc1O[C@@H]1CCCNC1. The summed E-state index contributed by atoms with van der Waals surface area (Å²) < 4.78 is 18.7. The van der Waals surface area contributed by atoms with Gasteiger partial charge in [-0.3, -0.25) is 0 Å². The Labute approximate surface area is 89.4 Å². The molecular formula is C12H16FNO. The molecule has 1 saturated heterocycles. The van der Waals surface area contributed by atoms with Gasteiger partial charge in [-0.15, -0.1) is 0 Å². The number of aryl methyl sites for hydroxylation is 1. The molecule has 0 bridgehead atoms. The van der Waals surface area contributed by atoms with Crippen LogP contribution in [0.2, 0.25) is 0 Å². The van der Waals surface area contributed by atoms with Gasteiger partial charge in [-0.25, -0.2) is 4.39 Å². The summed E-state index contributed by atoms with van der Waals surface area (Å²) in [5.41, 5.74) is 0.862. The van der Waals surface area contributed by atoms with Crippen molar-refractivity contribution in [3.63, 3.8) is 0 Å². The van der Waals surface area contributed by atoms with Crippen molar-refractivity contribution in [1.29, 1.82) is 0 Å². The van der Waals surface area contributed by atoms with Crippen molar-refractivity contribution in [2.24, 2.45) is 0 Å². The number of nitrogens with one attached hydrogen (secondary N) is 1. The van der Waals surface area contributed by atoms with Gasteiger partial charge in [-0.05, 0) is 50.1 Å². The summed E-state index contributed by atoms with van der Waals surface area (Å²) in [6, 6.07) is 4.66. The Morgan fingerprint density at radius 3 is 3.00 bits per heavy atom. The van der Waals surface area contributed by atoms with Gasteiger partial charge in [0.25, 0.3) is 0 Å². The summed E-state index contributed by atoms with van der Waals surface area (Å²) in [6.07, 6.45) is 2.44.